The van der Waals surface area contributed by atoms with Crippen LogP contribution >= 0.6 is 0 Å². The van der Waals surface area contributed by atoms with Crippen molar-refractivity contribution in [1.82, 2.24) is 9.78 Å². The second kappa shape index (κ2) is 6.97. The molecule has 1 aromatic heterocycles. The molecule has 2 aromatic carbocycles. The molecular formula is C24H23N3O4. The minimum Gasteiger partial charge on any atom is -0.497 e. The number of fused-ring (bicyclic) bond motifs is 3. The van der Waals surface area contributed by atoms with Gasteiger partial charge in [0.2, 0.25) is 5.91 Å². The van der Waals surface area contributed by atoms with Crippen LogP contribution in [0.3, 0.4) is 0 Å². The molecule has 1 spiro atoms. The highest BCUT2D eigenvalue weighted by atomic mass is 16.5. The molecule has 1 amide bonds. The maximum atomic E-state index is 14.0. The van der Waals surface area contributed by atoms with Crippen molar-refractivity contribution in [2.75, 3.05) is 12.0 Å². The van der Waals surface area contributed by atoms with Gasteiger partial charge in [-0.25, -0.2) is 4.79 Å². The van der Waals surface area contributed by atoms with E-state index in [0.717, 1.165) is 41.0 Å². The first-order valence-electron chi connectivity index (χ1n) is 10.4. The molecule has 0 saturated heterocycles. The first kappa shape index (κ1) is 19.4. The van der Waals surface area contributed by atoms with E-state index in [1.54, 1.807) is 30.3 Å². The Labute approximate surface area is 179 Å². The van der Waals surface area contributed by atoms with Crippen molar-refractivity contribution >= 4 is 23.3 Å². The fourth-order valence-corrected chi connectivity index (χ4v) is 4.89. The van der Waals surface area contributed by atoms with Gasteiger partial charge in [0, 0.05) is 18.8 Å². The summed E-state index contributed by atoms with van der Waals surface area (Å²) in [5.74, 6) is -0.297. The molecule has 0 fully saturated rings. The molecular weight excluding hydrogens is 394 g/mol. The zero-order valence-corrected chi connectivity index (χ0v) is 17.5. The second-order valence-electron chi connectivity index (χ2n) is 8.21. The molecule has 1 aliphatic carbocycles. The first-order chi connectivity index (χ1) is 15.0. The number of methoxy groups -OCH3 is 1. The molecule has 1 N–H and O–H groups in total. The van der Waals surface area contributed by atoms with Crippen LogP contribution in [0.25, 0.3) is 0 Å². The third-order valence-corrected chi connectivity index (χ3v) is 6.34. The Balaban J connectivity index is 1.63. The maximum Gasteiger partial charge on any atom is 0.335 e. The van der Waals surface area contributed by atoms with Crippen LogP contribution in [0, 0.1) is 0 Å². The number of hydrogen-bond donors (Lipinski definition) is 1. The molecule has 0 bridgehead atoms. The topological polar surface area (TPSA) is 84.7 Å². The quantitative estimate of drug-likeness (QED) is 0.684. The largest absolute Gasteiger partial charge is 0.497 e. The van der Waals surface area contributed by atoms with E-state index in [4.69, 9.17) is 4.74 Å². The summed E-state index contributed by atoms with van der Waals surface area (Å²) >= 11 is 0. The van der Waals surface area contributed by atoms with Gasteiger partial charge in [-0.3, -0.25) is 14.4 Å². The number of amides is 1. The molecule has 3 aromatic rings. The highest BCUT2D eigenvalue weighted by Gasteiger charge is 2.54. The SMILES string of the molecule is CCCn1cc(N2C(=O)C3(Cc4ccc(C(=O)O)cc4C3)c3ccc(OC)cc32)cn1. The average Bonchev–Trinajstić information content (AvgIpc) is 3.43. The molecule has 31 heavy (non-hydrogen) atoms. The van der Waals surface area contributed by atoms with E-state index >= 15 is 0 Å². The van der Waals surface area contributed by atoms with Gasteiger partial charge >= 0.3 is 5.97 Å². The van der Waals surface area contributed by atoms with Gasteiger partial charge in [0.05, 0.1) is 35.7 Å². The molecule has 5 rings (SSSR count). The van der Waals surface area contributed by atoms with Crippen LogP contribution in [0.4, 0.5) is 11.4 Å². The predicted molar refractivity (Wildman–Crippen MR) is 115 cm³/mol. The lowest BCUT2D eigenvalue weighted by atomic mass is 9.79. The minimum atomic E-state index is -0.961. The predicted octanol–water partition coefficient (Wildman–Crippen LogP) is 3.71. The third-order valence-electron chi connectivity index (χ3n) is 6.34. The van der Waals surface area contributed by atoms with E-state index in [2.05, 4.69) is 12.0 Å². The number of nitrogens with zero attached hydrogens (tertiary/aromatic N) is 3. The number of carboxylic acid groups (broad SMARTS) is 1. The zero-order chi connectivity index (χ0) is 21.8. The normalized spacial score (nSPS) is 19.0. The van der Waals surface area contributed by atoms with Gasteiger partial charge < -0.3 is 9.84 Å². The van der Waals surface area contributed by atoms with Crippen LogP contribution in [0.2, 0.25) is 0 Å². The van der Waals surface area contributed by atoms with Crippen molar-refractivity contribution in [3.8, 4) is 5.75 Å². The van der Waals surface area contributed by atoms with E-state index in [-0.39, 0.29) is 11.5 Å². The van der Waals surface area contributed by atoms with Crippen LogP contribution in [-0.4, -0.2) is 33.9 Å². The van der Waals surface area contributed by atoms with Gasteiger partial charge in [0.25, 0.3) is 0 Å². The molecule has 1 aliphatic heterocycles. The molecule has 0 saturated carbocycles. The highest BCUT2D eigenvalue weighted by Crippen LogP contribution is 2.53. The highest BCUT2D eigenvalue weighted by molar-refractivity contribution is 6.13. The lowest BCUT2D eigenvalue weighted by molar-refractivity contribution is -0.122. The van der Waals surface area contributed by atoms with Gasteiger partial charge in [0.15, 0.2) is 0 Å². The van der Waals surface area contributed by atoms with Crippen LogP contribution in [0.15, 0.2) is 48.8 Å². The van der Waals surface area contributed by atoms with Crippen molar-refractivity contribution in [2.45, 2.75) is 38.1 Å². The Hall–Kier alpha value is -3.61. The number of aromatic nitrogens is 2. The molecule has 7 nitrogen and oxygen atoms in total. The van der Waals surface area contributed by atoms with Gasteiger partial charge in [0.1, 0.15) is 5.75 Å². The Morgan fingerprint density at radius 3 is 2.74 bits per heavy atom. The number of benzene rings is 2. The maximum absolute atomic E-state index is 14.0. The van der Waals surface area contributed by atoms with Gasteiger partial charge in [-0.1, -0.05) is 19.1 Å². The van der Waals surface area contributed by atoms with Crippen molar-refractivity contribution < 1.29 is 19.4 Å². The van der Waals surface area contributed by atoms with E-state index in [1.165, 1.54) is 0 Å². The zero-order valence-electron chi connectivity index (χ0n) is 17.5. The van der Waals surface area contributed by atoms with Crippen molar-refractivity contribution in [2.24, 2.45) is 0 Å². The molecule has 0 radical (unpaired) electrons. The molecule has 1 atom stereocenters. The standard InChI is InChI=1S/C24H23N3O4/c1-3-8-26-14-18(13-25-26)27-21-10-19(31-2)6-7-20(21)24(23(27)30)11-16-5-4-15(22(28)29)9-17(16)12-24/h4-7,9-10,13-14H,3,8,11-12H2,1-2H3,(H,28,29). The fourth-order valence-electron chi connectivity index (χ4n) is 4.89. The number of carbonyl (C=O) groups is 2. The lowest BCUT2D eigenvalue weighted by Gasteiger charge is -2.23. The summed E-state index contributed by atoms with van der Waals surface area (Å²) in [6.45, 7) is 2.86. The van der Waals surface area contributed by atoms with E-state index in [9.17, 15) is 14.7 Å². The van der Waals surface area contributed by atoms with E-state index < -0.39 is 11.4 Å². The molecule has 2 aliphatic rings. The number of aryl methyl sites for hydroxylation is 1. The molecule has 7 heteroatoms. The summed E-state index contributed by atoms with van der Waals surface area (Å²) in [5, 5.41) is 13.8. The van der Waals surface area contributed by atoms with Crippen molar-refractivity contribution in [1.29, 1.82) is 0 Å². The Morgan fingerprint density at radius 2 is 2.00 bits per heavy atom. The number of rotatable bonds is 5. The summed E-state index contributed by atoms with van der Waals surface area (Å²) in [7, 11) is 1.61. The number of ether oxygens (including phenoxy) is 1. The lowest BCUT2D eigenvalue weighted by Crippen LogP contribution is -2.39. The Morgan fingerprint density at radius 1 is 1.19 bits per heavy atom. The Kier molecular flexibility index (Phi) is 4.36. The van der Waals surface area contributed by atoms with Crippen LogP contribution < -0.4 is 9.64 Å². The molecule has 1 unspecified atom stereocenters. The van der Waals surface area contributed by atoms with Crippen LogP contribution in [-0.2, 0) is 29.6 Å². The summed E-state index contributed by atoms with van der Waals surface area (Å²) in [5.41, 5.74) is 3.89. The monoisotopic (exact) mass is 417 g/mol. The summed E-state index contributed by atoms with van der Waals surface area (Å²) in [6.07, 6.45) is 5.58. The summed E-state index contributed by atoms with van der Waals surface area (Å²) in [6, 6.07) is 10.9. The van der Waals surface area contributed by atoms with Gasteiger partial charge in [-0.05, 0) is 54.2 Å². The van der Waals surface area contributed by atoms with Gasteiger partial charge in [-0.2, -0.15) is 5.10 Å². The summed E-state index contributed by atoms with van der Waals surface area (Å²) < 4.78 is 7.28. The Bertz CT molecular complexity index is 1220. The summed E-state index contributed by atoms with van der Waals surface area (Å²) in [4.78, 5) is 27.2. The second-order valence-corrected chi connectivity index (χ2v) is 8.21. The number of hydrogen-bond acceptors (Lipinski definition) is 4. The molecule has 158 valence electrons. The van der Waals surface area contributed by atoms with Crippen molar-refractivity contribution in [3.05, 3.63) is 71.0 Å². The number of anilines is 2. The van der Waals surface area contributed by atoms with E-state index in [1.807, 2.05) is 35.1 Å². The first-order valence-corrected chi connectivity index (χ1v) is 10.4. The smallest absolute Gasteiger partial charge is 0.335 e. The van der Waals surface area contributed by atoms with Crippen molar-refractivity contribution in [3.63, 3.8) is 0 Å². The molecule has 2 heterocycles. The number of carboxylic acids is 1. The fraction of sp³-hybridized carbons (Fsp3) is 0.292. The average molecular weight is 417 g/mol. The van der Waals surface area contributed by atoms with Crippen LogP contribution in [0.5, 0.6) is 5.75 Å². The minimum absolute atomic E-state index is 0.0140. The third kappa shape index (κ3) is 2.84. The van der Waals surface area contributed by atoms with E-state index in [0.29, 0.717) is 18.6 Å². The number of aromatic carboxylic acids is 1. The number of carbonyl (C=O) groups excluding carboxylic acids is 1. The van der Waals surface area contributed by atoms with Gasteiger partial charge in [-0.15, -0.1) is 0 Å². The van der Waals surface area contributed by atoms with Crippen LogP contribution in [0.1, 0.15) is 40.4 Å².